The van der Waals surface area contributed by atoms with E-state index < -0.39 is 0 Å². The third-order valence-corrected chi connectivity index (χ3v) is 4.51. The van der Waals surface area contributed by atoms with E-state index in [2.05, 4.69) is 15.3 Å². The van der Waals surface area contributed by atoms with Gasteiger partial charge in [0.05, 0.1) is 5.52 Å². The van der Waals surface area contributed by atoms with E-state index in [-0.39, 0.29) is 11.9 Å². The first-order valence-corrected chi connectivity index (χ1v) is 8.08. The quantitative estimate of drug-likeness (QED) is 0.781. The largest absolute Gasteiger partial charge is 0.336 e. The van der Waals surface area contributed by atoms with Crippen LogP contribution in [0.4, 0.5) is 0 Å². The SMILES string of the molecule is Cn1ccnc1C1CNCCN1C(=O)c1ccc2ncccc2c1. The van der Waals surface area contributed by atoms with E-state index in [9.17, 15) is 4.79 Å². The fraction of sp³-hybridized carbons (Fsp3) is 0.278. The Kier molecular flexibility index (Phi) is 3.74. The highest BCUT2D eigenvalue weighted by atomic mass is 16.2. The van der Waals surface area contributed by atoms with Gasteiger partial charge in [-0.1, -0.05) is 6.07 Å². The molecule has 0 saturated carbocycles. The van der Waals surface area contributed by atoms with Crippen molar-refractivity contribution in [3.8, 4) is 0 Å². The Morgan fingerprint density at radius 2 is 2.17 bits per heavy atom. The molecule has 1 amide bonds. The summed E-state index contributed by atoms with van der Waals surface area (Å²) in [5.74, 6) is 0.938. The van der Waals surface area contributed by atoms with E-state index in [1.165, 1.54) is 0 Å². The Balaban J connectivity index is 1.69. The number of carbonyl (C=O) groups excluding carboxylic acids is 1. The maximum atomic E-state index is 13.1. The van der Waals surface area contributed by atoms with Crippen molar-refractivity contribution in [2.75, 3.05) is 19.6 Å². The molecule has 1 unspecified atom stereocenters. The summed E-state index contributed by atoms with van der Waals surface area (Å²) in [7, 11) is 1.96. The molecule has 2 aromatic heterocycles. The normalized spacial score (nSPS) is 18.0. The van der Waals surface area contributed by atoms with Gasteiger partial charge in [-0.3, -0.25) is 9.78 Å². The van der Waals surface area contributed by atoms with Crippen LogP contribution in [0.1, 0.15) is 22.2 Å². The summed E-state index contributed by atoms with van der Waals surface area (Å²) in [5.41, 5.74) is 1.59. The van der Waals surface area contributed by atoms with Gasteiger partial charge in [-0.15, -0.1) is 0 Å². The van der Waals surface area contributed by atoms with Gasteiger partial charge in [0.1, 0.15) is 11.9 Å². The van der Waals surface area contributed by atoms with Crippen molar-refractivity contribution in [1.29, 1.82) is 0 Å². The fourth-order valence-electron chi connectivity index (χ4n) is 3.25. The molecular formula is C18H19N5O. The summed E-state index contributed by atoms with van der Waals surface area (Å²) in [5, 5.41) is 4.34. The van der Waals surface area contributed by atoms with E-state index >= 15 is 0 Å². The van der Waals surface area contributed by atoms with E-state index in [0.29, 0.717) is 18.7 Å². The van der Waals surface area contributed by atoms with Gasteiger partial charge in [0, 0.05) is 56.2 Å². The first-order chi connectivity index (χ1) is 11.7. The lowest BCUT2D eigenvalue weighted by molar-refractivity contribution is 0.0621. The monoisotopic (exact) mass is 321 g/mol. The molecule has 1 aliphatic rings. The second-order valence-corrected chi connectivity index (χ2v) is 6.03. The molecule has 6 heteroatoms. The second-order valence-electron chi connectivity index (χ2n) is 6.03. The molecule has 24 heavy (non-hydrogen) atoms. The average molecular weight is 321 g/mol. The number of hydrogen-bond acceptors (Lipinski definition) is 4. The Labute approximate surface area is 140 Å². The van der Waals surface area contributed by atoms with Crippen LogP contribution in [-0.4, -0.2) is 45.0 Å². The standard InChI is InChI=1S/C18H19N5O/c1-22-9-8-21-17(22)16-12-19-7-10-23(16)18(24)14-4-5-15-13(11-14)3-2-6-20-15/h2-6,8-9,11,16,19H,7,10,12H2,1H3. The van der Waals surface area contributed by atoms with Gasteiger partial charge in [0.25, 0.3) is 5.91 Å². The fourth-order valence-corrected chi connectivity index (χ4v) is 3.25. The highest BCUT2D eigenvalue weighted by Crippen LogP contribution is 2.24. The third-order valence-electron chi connectivity index (χ3n) is 4.51. The van der Waals surface area contributed by atoms with Crippen molar-refractivity contribution in [1.82, 2.24) is 24.8 Å². The van der Waals surface area contributed by atoms with Crippen molar-refractivity contribution in [2.45, 2.75) is 6.04 Å². The number of benzene rings is 1. The lowest BCUT2D eigenvalue weighted by Gasteiger charge is -2.35. The molecule has 0 aliphatic carbocycles. The zero-order valence-corrected chi connectivity index (χ0v) is 13.5. The smallest absolute Gasteiger partial charge is 0.254 e. The third kappa shape index (κ3) is 2.55. The molecule has 0 spiro atoms. The van der Waals surface area contributed by atoms with Crippen LogP contribution >= 0.6 is 0 Å². The number of nitrogens with zero attached hydrogens (tertiary/aromatic N) is 4. The molecule has 1 aromatic carbocycles. The summed E-state index contributed by atoms with van der Waals surface area (Å²) < 4.78 is 1.97. The number of aryl methyl sites for hydroxylation is 1. The zero-order chi connectivity index (χ0) is 16.5. The Morgan fingerprint density at radius 1 is 1.25 bits per heavy atom. The Morgan fingerprint density at radius 3 is 3.00 bits per heavy atom. The molecule has 3 heterocycles. The van der Waals surface area contributed by atoms with Crippen LogP contribution in [0.2, 0.25) is 0 Å². The van der Waals surface area contributed by atoms with Gasteiger partial charge in [0.15, 0.2) is 0 Å². The predicted octanol–water partition coefficient (Wildman–Crippen LogP) is 1.75. The number of amides is 1. The number of carbonyl (C=O) groups is 1. The number of rotatable bonds is 2. The summed E-state index contributed by atoms with van der Waals surface area (Å²) >= 11 is 0. The zero-order valence-electron chi connectivity index (χ0n) is 13.5. The summed E-state index contributed by atoms with van der Waals surface area (Å²) in [6, 6.07) is 9.49. The molecule has 0 bridgehead atoms. The molecule has 1 N–H and O–H groups in total. The first kappa shape index (κ1) is 14.8. The molecule has 1 fully saturated rings. The molecule has 0 radical (unpaired) electrons. The van der Waals surface area contributed by atoms with Crippen molar-refractivity contribution in [3.63, 3.8) is 0 Å². The van der Waals surface area contributed by atoms with Crippen molar-refractivity contribution in [2.24, 2.45) is 7.05 Å². The average Bonchev–Trinajstić information content (AvgIpc) is 3.06. The Hall–Kier alpha value is -2.73. The van der Waals surface area contributed by atoms with Gasteiger partial charge < -0.3 is 14.8 Å². The second kappa shape index (κ2) is 6.05. The minimum atomic E-state index is -0.0594. The highest BCUT2D eigenvalue weighted by Gasteiger charge is 2.31. The van der Waals surface area contributed by atoms with Crippen LogP contribution in [0.5, 0.6) is 0 Å². The highest BCUT2D eigenvalue weighted by molar-refractivity contribution is 5.98. The topological polar surface area (TPSA) is 63.1 Å². The lowest BCUT2D eigenvalue weighted by atomic mass is 10.1. The maximum absolute atomic E-state index is 13.1. The number of pyridine rings is 1. The predicted molar refractivity (Wildman–Crippen MR) is 91.6 cm³/mol. The molecule has 1 saturated heterocycles. The minimum Gasteiger partial charge on any atom is -0.336 e. The van der Waals surface area contributed by atoms with Crippen molar-refractivity contribution >= 4 is 16.8 Å². The molecule has 1 atom stereocenters. The number of imidazole rings is 1. The molecule has 3 aromatic rings. The molecule has 4 rings (SSSR count). The van der Waals surface area contributed by atoms with Crippen LogP contribution in [-0.2, 0) is 7.05 Å². The molecule has 122 valence electrons. The molecule has 1 aliphatic heterocycles. The summed E-state index contributed by atoms with van der Waals surface area (Å²) in [6.45, 7) is 2.18. The van der Waals surface area contributed by atoms with Crippen LogP contribution < -0.4 is 5.32 Å². The van der Waals surface area contributed by atoms with Gasteiger partial charge in [-0.2, -0.15) is 0 Å². The van der Waals surface area contributed by atoms with Crippen LogP contribution in [0, 0.1) is 0 Å². The van der Waals surface area contributed by atoms with Crippen molar-refractivity contribution < 1.29 is 4.79 Å². The van der Waals surface area contributed by atoms with E-state index in [1.807, 2.05) is 53.0 Å². The van der Waals surface area contributed by atoms with E-state index in [0.717, 1.165) is 23.3 Å². The van der Waals surface area contributed by atoms with Crippen LogP contribution in [0.25, 0.3) is 10.9 Å². The first-order valence-electron chi connectivity index (χ1n) is 8.08. The van der Waals surface area contributed by atoms with Gasteiger partial charge in [-0.05, 0) is 24.3 Å². The number of nitrogens with one attached hydrogen (secondary N) is 1. The molecular weight excluding hydrogens is 302 g/mol. The number of piperazine rings is 1. The summed E-state index contributed by atoms with van der Waals surface area (Å²) in [6.07, 6.45) is 5.44. The van der Waals surface area contributed by atoms with Crippen LogP contribution in [0.3, 0.4) is 0 Å². The Bertz CT molecular complexity index is 888. The number of fused-ring (bicyclic) bond motifs is 1. The minimum absolute atomic E-state index is 0.0373. The van der Waals surface area contributed by atoms with Gasteiger partial charge >= 0.3 is 0 Å². The number of aromatic nitrogens is 3. The lowest BCUT2D eigenvalue weighted by Crippen LogP contribution is -2.49. The summed E-state index contributed by atoms with van der Waals surface area (Å²) in [4.78, 5) is 23.8. The van der Waals surface area contributed by atoms with Gasteiger partial charge in [-0.25, -0.2) is 4.98 Å². The molecule has 6 nitrogen and oxygen atoms in total. The number of hydrogen-bond donors (Lipinski definition) is 1. The maximum Gasteiger partial charge on any atom is 0.254 e. The van der Waals surface area contributed by atoms with E-state index in [1.54, 1.807) is 12.4 Å². The van der Waals surface area contributed by atoms with Crippen molar-refractivity contribution in [3.05, 3.63) is 60.3 Å². The van der Waals surface area contributed by atoms with E-state index in [4.69, 9.17) is 0 Å². The van der Waals surface area contributed by atoms with Crippen LogP contribution in [0.15, 0.2) is 48.9 Å². The van der Waals surface area contributed by atoms with Gasteiger partial charge in [0.2, 0.25) is 0 Å².